The summed E-state index contributed by atoms with van der Waals surface area (Å²) in [4.78, 5) is 3.91. The van der Waals surface area contributed by atoms with Crippen molar-refractivity contribution in [3.63, 3.8) is 0 Å². The molecule has 2 nitrogen and oxygen atoms in total. The summed E-state index contributed by atoms with van der Waals surface area (Å²) in [5.41, 5.74) is 3.17. The molecule has 1 aromatic rings. The van der Waals surface area contributed by atoms with E-state index in [2.05, 4.69) is 34.5 Å². The number of hydrogen-bond donors (Lipinski definition) is 0. The first-order chi connectivity index (χ1) is 6.00. The summed E-state index contributed by atoms with van der Waals surface area (Å²) in [5.74, 6) is -0.152. The number of hydrogen-bond acceptors (Lipinski definition) is 2. The highest BCUT2D eigenvalue weighted by Gasteiger charge is 2.00. The Bertz CT molecular complexity index is 354. The lowest BCUT2D eigenvalue weighted by atomic mass is 10.1. The summed E-state index contributed by atoms with van der Waals surface area (Å²) in [7, 11) is 0. The van der Waals surface area contributed by atoms with Crippen molar-refractivity contribution in [1.82, 2.24) is 0 Å². The topological polar surface area (TPSA) is 35.4 Å². The van der Waals surface area contributed by atoms with Crippen LogP contribution in [0.1, 0.15) is 18.1 Å². The molecule has 13 heavy (non-hydrogen) atoms. The number of rotatable bonds is 1. The summed E-state index contributed by atoms with van der Waals surface area (Å²) in [6, 6.07) is 3.98. The Balaban J connectivity index is 3.24. The third-order valence-corrected chi connectivity index (χ3v) is 2.71. The van der Waals surface area contributed by atoms with Crippen molar-refractivity contribution in [2.75, 3.05) is 0 Å². The lowest BCUT2D eigenvalue weighted by Crippen LogP contribution is -2.11. The molecule has 70 valence electrons. The second kappa shape index (κ2) is 4.09. The van der Waals surface area contributed by atoms with Crippen LogP contribution in [0.5, 0.6) is 0 Å². The van der Waals surface area contributed by atoms with E-state index in [0.717, 1.165) is 9.26 Å². The molecule has 0 saturated carbocycles. The minimum absolute atomic E-state index is 0.152. The molecule has 0 aliphatic heterocycles. The minimum Gasteiger partial charge on any atom is -0.862 e. The van der Waals surface area contributed by atoms with Crippen molar-refractivity contribution in [2.24, 2.45) is 4.99 Å². The standard InChI is InChI=1S/C10H12INO/c1-6-4-9(11)10(5-7(6)2)12-8(3)13/h4-5H,1-3H3,(H,12,13)/p-1. The van der Waals surface area contributed by atoms with E-state index in [1.165, 1.54) is 18.1 Å². The number of nitrogens with zero attached hydrogens (tertiary/aromatic N) is 1. The smallest absolute Gasteiger partial charge is 0.0754 e. The van der Waals surface area contributed by atoms with Gasteiger partial charge in [0.05, 0.1) is 5.69 Å². The first kappa shape index (κ1) is 10.5. The van der Waals surface area contributed by atoms with Crippen LogP contribution in [0.4, 0.5) is 5.69 Å². The summed E-state index contributed by atoms with van der Waals surface area (Å²) < 4.78 is 1.02. The first-order valence-corrected chi connectivity index (χ1v) is 5.07. The van der Waals surface area contributed by atoms with Gasteiger partial charge in [0.2, 0.25) is 0 Å². The Morgan fingerprint density at radius 3 is 2.38 bits per heavy atom. The van der Waals surface area contributed by atoms with E-state index in [-0.39, 0.29) is 5.90 Å². The third kappa shape index (κ3) is 2.69. The molecule has 0 bridgehead atoms. The summed E-state index contributed by atoms with van der Waals surface area (Å²) in [6.45, 7) is 5.53. The maximum atomic E-state index is 10.8. The van der Waals surface area contributed by atoms with Gasteiger partial charge < -0.3 is 5.11 Å². The highest BCUT2D eigenvalue weighted by molar-refractivity contribution is 14.1. The van der Waals surface area contributed by atoms with Crippen LogP contribution in [0, 0.1) is 17.4 Å². The number of benzene rings is 1. The van der Waals surface area contributed by atoms with Crippen molar-refractivity contribution in [3.8, 4) is 0 Å². The number of aryl methyl sites for hydroxylation is 2. The van der Waals surface area contributed by atoms with Crippen molar-refractivity contribution < 1.29 is 5.11 Å². The van der Waals surface area contributed by atoms with Gasteiger partial charge in [0.1, 0.15) is 0 Å². The lowest BCUT2D eigenvalue weighted by molar-refractivity contribution is -0.215. The quantitative estimate of drug-likeness (QED) is 0.444. The maximum Gasteiger partial charge on any atom is 0.0754 e. The molecular weight excluding hydrogens is 277 g/mol. The molecule has 0 atom stereocenters. The van der Waals surface area contributed by atoms with Crippen molar-refractivity contribution >= 4 is 34.2 Å². The van der Waals surface area contributed by atoms with Crippen molar-refractivity contribution in [3.05, 3.63) is 26.8 Å². The van der Waals surface area contributed by atoms with Gasteiger partial charge >= 0.3 is 0 Å². The molecule has 0 fully saturated rings. The van der Waals surface area contributed by atoms with E-state index in [4.69, 9.17) is 0 Å². The van der Waals surface area contributed by atoms with Crippen molar-refractivity contribution in [1.29, 1.82) is 0 Å². The second-order valence-electron chi connectivity index (χ2n) is 3.02. The second-order valence-corrected chi connectivity index (χ2v) is 4.18. The number of aliphatic imine (C=N–C) groups is 1. The molecule has 0 N–H and O–H groups in total. The van der Waals surface area contributed by atoms with E-state index < -0.39 is 0 Å². The van der Waals surface area contributed by atoms with Crippen LogP contribution < -0.4 is 5.11 Å². The molecule has 0 aliphatic carbocycles. The van der Waals surface area contributed by atoms with Gasteiger partial charge in [-0.15, -0.1) is 0 Å². The van der Waals surface area contributed by atoms with Crippen molar-refractivity contribution in [2.45, 2.75) is 20.8 Å². The summed E-state index contributed by atoms with van der Waals surface area (Å²) in [6.07, 6.45) is 0. The Morgan fingerprint density at radius 2 is 1.85 bits per heavy atom. The zero-order valence-corrected chi connectivity index (χ0v) is 10.0. The Labute approximate surface area is 91.8 Å². The van der Waals surface area contributed by atoms with Gasteiger partial charge in [-0.2, -0.15) is 0 Å². The van der Waals surface area contributed by atoms with E-state index >= 15 is 0 Å². The Hall–Kier alpha value is -0.580. The van der Waals surface area contributed by atoms with Crippen LogP contribution >= 0.6 is 22.6 Å². The molecule has 0 aliphatic rings. The summed E-state index contributed by atoms with van der Waals surface area (Å²) >= 11 is 2.19. The highest BCUT2D eigenvalue weighted by atomic mass is 127. The maximum absolute atomic E-state index is 10.8. The monoisotopic (exact) mass is 288 g/mol. The average Bonchev–Trinajstić information content (AvgIpc) is 1.99. The molecule has 1 rings (SSSR count). The van der Waals surface area contributed by atoms with E-state index in [0.29, 0.717) is 0 Å². The lowest BCUT2D eigenvalue weighted by Gasteiger charge is -2.07. The number of halogens is 1. The zero-order valence-electron chi connectivity index (χ0n) is 7.89. The predicted molar refractivity (Wildman–Crippen MR) is 61.4 cm³/mol. The van der Waals surface area contributed by atoms with Gasteiger partial charge in [-0.05, 0) is 72.5 Å². The zero-order chi connectivity index (χ0) is 10.0. The van der Waals surface area contributed by atoms with Gasteiger partial charge in [0, 0.05) is 3.57 Å². The van der Waals surface area contributed by atoms with E-state index in [1.54, 1.807) is 0 Å². The molecule has 0 saturated heterocycles. The average molecular weight is 288 g/mol. The van der Waals surface area contributed by atoms with Gasteiger partial charge in [-0.25, -0.2) is 0 Å². The van der Waals surface area contributed by atoms with Crippen LogP contribution in [0.15, 0.2) is 17.1 Å². The van der Waals surface area contributed by atoms with Gasteiger partial charge in [0.25, 0.3) is 0 Å². The largest absolute Gasteiger partial charge is 0.862 e. The Kier molecular flexibility index (Phi) is 3.30. The molecule has 0 amide bonds. The summed E-state index contributed by atoms with van der Waals surface area (Å²) in [5, 5.41) is 10.8. The van der Waals surface area contributed by atoms with Crippen LogP contribution in [0.3, 0.4) is 0 Å². The van der Waals surface area contributed by atoms with Crippen LogP contribution in [-0.4, -0.2) is 5.90 Å². The predicted octanol–water partition coefficient (Wildman–Crippen LogP) is 2.32. The molecular formula is C10H11INO-. The van der Waals surface area contributed by atoms with Crippen LogP contribution in [0.2, 0.25) is 0 Å². The normalized spacial score (nSPS) is 11.8. The molecule has 0 unspecified atom stereocenters. The molecule has 0 aromatic heterocycles. The van der Waals surface area contributed by atoms with E-state index in [1.807, 2.05) is 19.1 Å². The molecule has 3 heteroatoms. The molecule has 0 radical (unpaired) electrons. The highest BCUT2D eigenvalue weighted by Crippen LogP contribution is 2.24. The first-order valence-electron chi connectivity index (χ1n) is 4.00. The fourth-order valence-corrected chi connectivity index (χ4v) is 1.76. The van der Waals surface area contributed by atoms with Gasteiger partial charge in [0.15, 0.2) is 0 Å². The van der Waals surface area contributed by atoms with Crippen LogP contribution in [-0.2, 0) is 0 Å². The molecule has 1 aromatic carbocycles. The molecule has 0 heterocycles. The van der Waals surface area contributed by atoms with Gasteiger partial charge in [-0.3, -0.25) is 4.99 Å². The third-order valence-electron chi connectivity index (χ3n) is 1.84. The van der Waals surface area contributed by atoms with Gasteiger partial charge in [-0.1, -0.05) is 0 Å². The SMILES string of the molecule is CC([O-])=Nc1cc(C)c(C)cc1I. The Morgan fingerprint density at radius 1 is 1.31 bits per heavy atom. The fraction of sp³-hybridized carbons (Fsp3) is 0.300. The van der Waals surface area contributed by atoms with Crippen LogP contribution in [0.25, 0.3) is 0 Å². The fourth-order valence-electron chi connectivity index (χ4n) is 1.02. The molecule has 0 spiro atoms. The van der Waals surface area contributed by atoms with E-state index in [9.17, 15) is 5.11 Å². The minimum atomic E-state index is -0.152.